The minimum atomic E-state index is -0.338. The van der Waals surface area contributed by atoms with Crippen LogP contribution in [0.5, 0.6) is 5.75 Å². The number of nitrogens with zero attached hydrogens (tertiary/aromatic N) is 1. The first-order valence-electron chi connectivity index (χ1n) is 6.46. The molecule has 0 unspecified atom stereocenters. The number of halogens is 1. The first kappa shape index (κ1) is 12.7. The largest absolute Gasteiger partial charge is 0.493 e. The molecule has 0 saturated heterocycles. The molecule has 2 aromatic rings. The summed E-state index contributed by atoms with van der Waals surface area (Å²) in [6, 6.07) is 5.70. The quantitative estimate of drug-likeness (QED) is 0.883. The maximum absolute atomic E-state index is 13.4. The number of carbonyl (C=O) groups is 1. The monoisotopic (exact) mass is 275 g/mol. The summed E-state index contributed by atoms with van der Waals surface area (Å²) < 4.78 is 19.0. The van der Waals surface area contributed by atoms with Gasteiger partial charge in [0.25, 0.3) is 5.91 Å². The molecule has 1 amide bonds. The van der Waals surface area contributed by atoms with Gasteiger partial charge >= 0.3 is 0 Å². The molecular weight excluding hydrogens is 261 g/mol. The Morgan fingerprint density at radius 1 is 1.45 bits per heavy atom. The first-order chi connectivity index (χ1) is 9.74. The molecule has 20 heavy (non-hydrogen) atoms. The Morgan fingerprint density at radius 2 is 2.35 bits per heavy atom. The normalized spacial score (nSPS) is 17.8. The standard InChI is InChI=1S/C14H14FN3O2/c15-9-3-4-13-10(8-9)11(2-1-7-20-13)17-14(19)12-5-6-16-18-12/h3-6,8,11H,1-2,7H2,(H,16,18)(H,17,19)/t11-/m0/s1. The van der Waals surface area contributed by atoms with Crippen LogP contribution in [0.3, 0.4) is 0 Å². The number of nitrogens with one attached hydrogen (secondary N) is 2. The number of ether oxygens (including phenoxy) is 1. The van der Waals surface area contributed by atoms with Gasteiger partial charge in [-0.1, -0.05) is 0 Å². The Hall–Kier alpha value is -2.37. The van der Waals surface area contributed by atoms with Gasteiger partial charge < -0.3 is 10.1 Å². The highest BCUT2D eigenvalue weighted by atomic mass is 19.1. The molecule has 104 valence electrons. The van der Waals surface area contributed by atoms with E-state index in [-0.39, 0.29) is 17.8 Å². The van der Waals surface area contributed by atoms with Crippen LogP contribution >= 0.6 is 0 Å². The number of aromatic amines is 1. The molecule has 0 spiro atoms. The van der Waals surface area contributed by atoms with Crippen molar-refractivity contribution in [2.24, 2.45) is 0 Å². The second kappa shape index (κ2) is 5.32. The van der Waals surface area contributed by atoms with E-state index in [4.69, 9.17) is 4.74 Å². The van der Waals surface area contributed by atoms with Crippen molar-refractivity contribution in [1.82, 2.24) is 15.5 Å². The number of H-pyrrole nitrogens is 1. The molecule has 2 N–H and O–H groups in total. The summed E-state index contributed by atoms with van der Waals surface area (Å²) in [5.41, 5.74) is 1.06. The molecule has 5 nitrogen and oxygen atoms in total. The molecule has 0 radical (unpaired) electrons. The van der Waals surface area contributed by atoms with Gasteiger partial charge in [-0.25, -0.2) is 4.39 Å². The highest BCUT2D eigenvalue weighted by Gasteiger charge is 2.23. The molecule has 0 saturated carbocycles. The van der Waals surface area contributed by atoms with E-state index >= 15 is 0 Å². The Bertz CT molecular complexity index is 613. The number of hydrogen-bond donors (Lipinski definition) is 2. The summed E-state index contributed by atoms with van der Waals surface area (Å²) in [6.07, 6.45) is 3.01. The van der Waals surface area contributed by atoms with Gasteiger partial charge in [0, 0.05) is 11.8 Å². The van der Waals surface area contributed by atoms with E-state index in [2.05, 4.69) is 15.5 Å². The molecule has 6 heteroatoms. The van der Waals surface area contributed by atoms with Crippen molar-refractivity contribution in [3.63, 3.8) is 0 Å². The van der Waals surface area contributed by atoms with Gasteiger partial charge in [0.05, 0.1) is 12.6 Å². The van der Waals surface area contributed by atoms with E-state index in [1.54, 1.807) is 12.1 Å². The van der Waals surface area contributed by atoms with Crippen molar-refractivity contribution in [2.45, 2.75) is 18.9 Å². The molecule has 1 aliphatic rings. The second-order valence-electron chi connectivity index (χ2n) is 4.67. The van der Waals surface area contributed by atoms with Crippen molar-refractivity contribution >= 4 is 5.91 Å². The zero-order valence-electron chi connectivity index (χ0n) is 10.7. The molecule has 3 rings (SSSR count). The van der Waals surface area contributed by atoms with Crippen LogP contribution in [0.25, 0.3) is 0 Å². The van der Waals surface area contributed by atoms with Crippen molar-refractivity contribution in [1.29, 1.82) is 0 Å². The number of fused-ring (bicyclic) bond motifs is 1. The van der Waals surface area contributed by atoms with Gasteiger partial charge in [-0.15, -0.1) is 0 Å². The van der Waals surface area contributed by atoms with Crippen LogP contribution in [0.1, 0.15) is 34.9 Å². The maximum Gasteiger partial charge on any atom is 0.269 e. The average molecular weight is 275 g/mol. The summed E-state index contributed by atoms with van der Waals surface area (Å²) in [7, 11) is 0. The fraction of sp³-hybridized carbons (Fsp3) is 0.286. The molecule has 1 aromatic heterocycles. The minimum Gasteiger partial charge on any atom is -0.493 e. The summed E-state index contributed by atoms with van der Waals surface area (Å²) in [6.45, 7) is 0.565. The van der Waals surface area contributed by atoms with Gasteiger partial charge in [0.1, 0.15) is 17.3 Å². The van der Waals surface area contributed by atoms with Gasteiger partial charge in [-0.05, 0) is 37.1 Å². The van der Waals surface area contributed by atoms with Crippen molar-refractivity contribution < 1.29 is 13.9 Å². The van der Waals surface area contributed by atoms with E-state index < -0.39 is 0 Å². The van der Waals surface area contributed by atoms with E-state index in [9.17, 15) is 9.18 Å². The van der Waals surface area contributed by atoms with Crippen LogP contribution in [0.4, 0.5) is 4.39 Å². The number of rotatable bonds is 2. The van der Waals surface area contributed by atoms with E-state index in [0.29, 0.717) is 30.0 Å². The Balaban J connectivity index is 1.86. The third kappa shape index (κ3) is 2.49. The Morgan fingerprint density at radius 3 is 3.15 bits per heavy atom. The number of carbonyl (C=O) groups excluding carboxylic acids is 1. The molecule has 1 aromatic carbocycles. The third-order valence-corrected chi connectivity index (χ3v) is 3.29. The van der Waals surface area contributed by atoms with Crippen LogP contribution in [-0.2, 0) is 0 Å². The maximum atomic E-state index is 13.4. The van der Waals surface area contributed by atoms with Gasteiger partial charge in [0.15, 0.2) is 0 Å². The second-order valence-corrected chi connectivity index (χ2v) is 4.67. The Labute approximate surface area is 115 Å². The SMILES string of the molecule is O=C(N[C@H]1CCCOc2ccc(F)cc21)c1ccn[nH]1. The number of aromatic nitrogens is 2. The third-order valence-electron chi connectivity index (χ3n) is 3.29. The van der Waals surface area contributed by atoms with Crippen LogP contribution in [0.2, 0.25) is 0 Å². The summed E-state index contributed by atoms with van der Waals surface area (Å²) in [5, 5.41) is 9.24. The highest BCUT2D eigenvalue weighted by Crippen LogP contribution is 2.32. The molecule has 1 aliphatic heterocycles. The van der Waals surface area contributed by atoms with Crippen molar-refractivity contribution in [2.75, 3.05) is 6.61 Å². The lowest BCUT2D eigenvalue weighted by Crippen LogP contribution is -2.28. The van der Waals surface area contributed by atoms with E-state index in [1.165, 1.54) is 18.3 Å². The smallest absolute Gasteiger partial charge is 0.269 e. The molecule has 0 aliphatic carbocycles. The minimum absolute atomic E-state index is 0.260. The predicted molar refractivity (Wildman–Crippen MR) is 69.9 cm³/mol. The number of amides is 1. The van der Waals surface area contributed by atoms with Gasteiger partial charge in [-0.2, -0.15) is 5.10 Å². The summed E-state index contributed by atoms with van der Waals surface area (Å²) in [5.74, 6) is 0.0264. The fourth-order valence-corrected chi connectivity index (χ4v) is 2.32. The van der Waals surface area contributed by atoms with Crippen LogP contribution in [0, 0.1) is 5.82 Å². The van der Waals surface area contributed by atoms with Crippen molar-refractivity contribution in [3.8, 4) is 5.75 Å². The average Bonchev–Trinajstić information content (AvgIpc) is 2.91. The summed E-state index contributed by atoms with van der Waals surface area (Å²) in [4.78, 5) is 12.1. The molecule has 1 atom stereocenters. The number of benzene rings is 1. The summed E-state index contributed by atoms with van der Waals surface area (Å²) >= 11 is 0. The lowest BCUT2D eigenvalue weighted by Gasteiger charge is -2.18. The Kier molecular flexibility index (Phi) is 3.37. The first-order valence-corrected chi connectivity index (χ1v) is 6.46. The predicted octanol–water partition coefficient (Wildman–Crippen LogP) is 2.19. The van der Waals surface area contributed by atoms with E-state index in [1.807, 2.05) is 0 Å². The molecule has 2 heterocycles. The molecular formula is C14H14FN3O2. The van der Waals surface area contributed by atoms with Gasteiger partial charge in [-0.3, -0.25) is 9.89 Å². The fourth-order valence-electron chi connectivity index (χ4n) is 2.32. The highest BCUT2D eigenvalue weighted by molar-refractivity contribution is 5.92. The molecule has 0 bridgehead atoms. The van der Waals surface area contributed by atoms with E-state index in [0.717, 1.165) is 6.42 Å². The van der Waals surface area contributed by atoms with Crippen LogP contribution in [0.15, 0.2) is 30.5 Å². The van der Waals surface area contributed by atoms with Crippen molar-refractivity contribution in [3.05, 3.63) is 47.5 Å². The van der Waals surface area contributed by atoms with Crippen LogP contribution < -0.4 is 10.1 Å². The van der Waals surface area contributed by atoms with Crippen LogP contribution in [-0.4, -0.2) is 22.7 Å². The lowest BCUT2D eigenvalue weighted by atomic mass is 10.0. The molecule has 0 fully saturated rings. The topological polar surface area (TPSA) is 67.0 Å². The number of hydrogen-bond acceptors (Lipinski definition) is 3. The zero-order valence-corrected chi connectivity index (χ0v) is 10.7. The van der Waals surface area contributed by atoms with Gasteiger partial charge in [0.2, 0.25) is 0 Å². The zero-order chi connectivity index (χ0) is 13.9. The lowest BCUT2D eigenvalue weighted by molar-refractivity contribution is 0.0929.